The number of hydrogen-bond acceptors (Lipinski definition) is 7. The lowest BCUT2D eigenvalue weighted by Crippen LogP contribution is -2.31. The number of carbonyl (C=O) groups is 4. The minimum atomic E-state index is -1.39. The van der Waals surface area contributed by atoms with Gasteiger partial charge in [-0.2, -0.15) is 0 Å². The van der Waals surface area contributed by atoms with Crippen molar-refractivity contribution in [2.75, 3.05) is 14.2 Å². The fraction of sp³-hybridized carbons (Fsp3) is 0.667. The molecule has 0 aliphatic carbocycles. The molecule has 0 aromatic carbocycles. The van der Waals surface area contributed by atoms with E-state index in [-0.39, 0.29) is 12.2 Å². The van der Waals surface area contributed by atoms with Crippen molar-refractivity contribution < 1.29 is 33.4 Å². The third-order valence-corrected chi connectivity index (χ3v) is 2.19. The van der Waals surface area contributed by atoms with E-state index in [2.05, 4.69) is 9.47 Å². The lowest BCUT2D eigenvalue weighted by Gasteiger charge is -2.14. The van der Waals surface area contributed by atoms with Gasteiger partial charge in [0.2, 0.25) is 6.10 Å². The molecule has 0 bridgehead atoms. The Hall–Kier alpha value is -1.92. The van der Waals surface area contributed by atoms with Gasteiger partial charge in [0.25, 0.3) is 0 Å². The topological polar surface area (TPSA) is 96.0 Å². The summed E-state index contributed by atoms with van der Waals surface area (Å²) in [7, 11) is 2.24. The average molecular weight is 274 g/mol. The molecule has 0 heterocycles. The highest BCUT2D eigenvalue weighted by molar-refractivity contribution is 5.96. The van der Waals surface area contributed by atoms with Gasteiger partial charge in [-0.1, -0.05) is 6.92 Å². The van der Waals surface area contributed by atoms with E-state index >= 15 is 0 Å². The van der Waals surface area contributed by atoms with Gasteiger partial charge in [0.05, 0.1) is 20.6 Å². The lowest BCUT2D eigenvalue weighted by molar-refractivity contribution is -0.170. The molecule has 19 heavy (non-hydrogen) atoms. The maximum absolute atomic E-state index is 11.4. The van der Waals surface area contributed by atoms with Crippen LogP contribution in [0.1, 0.15) is 32.6 Å². The molecule has 0 rings (SSSR count). The van der Waals surface area contributed by atoms with Crippen molar-refractivity contribution >= 4 is 23.7 Å². The van der Waals surface area contributed by atoms with E-state index in [0.29, 0.717) is 6.42 Å². The average Bonchev–Trinajstić information content (AvgIpc) is 2.36. The molecule has 0 spiro atoms. The number of carbonyl (C=O) groups excluding carboxylic acids is 4. The maximum atomic E-state index is 11.4. The molecule has 1 unspecified atom stereocenters. The van der Waals surface area contributed by atoms with Gasteiger partial charge >= 0.3 is 17.9 Å². The van der Waals surface area contributed by atoms with Gasteiger partial charge in [-0.3, -0.25) is 14.4 Å². The van der Waals surface area contributed by atoms with E-state index in [1.165, 1.54) is 0 Å². The van der Waals surface area contributed by atoms with Crippen molar-refractivity contribution in [1.82, 2.24) is 0 Å². The minimum Gasteiger partial charge on any atom is -0.469 e. The van der Waals surface area contributed by atoms with Gasteiger partial charge in [0.15, 0.2) is 0 Å². The summed E-state index contributed by atoms with van der Waals surface area (Å²) in [6.45, 7) is 1.80. The molecule has 0 aliphatic rings. The molecule has 0 saturated carbocycles. The molecule has 7 nitrogen and oxygen atoms in total. The molecule has 0 aromatic rings. The Morgan fingerprint density at radius 2 is 1.63 bits per heavy atom. The summed E-state index contributed by atoms with van der Waals surface area (Å²) < 4.78 is 13.5. The van der Waals surface area contributed by atoms with Gasteiger partial charge < -0.3 is 14.2 Å². The van der Waals surface area contributed by atoms with Crippen LogP contribution < -0.4 is 0 Å². The highest BCUT2D eigenvalue weighted by atomic mass is 16.6. The summed E-state index contributed by atoms with van der Waals surface area (Å²) in [5.41, 5.74) is 0. The second kappa shape index (κ2) is 9.07. The van der Waals surface area contributed by atoms with Crippen molar-refractivity contribution in [2.24, 2.45) is 0 Å². The third kappa shape index (κ3) is 7.17. The first kappa shape index (κ1) is 17.1. The molecular weight excluding hydrogens is 256 g/mol. The molecule has 0 N–H and O–H groups in total. The molecule has 1 atom stereocenters. The van der Waals surface area contributed by atoms with Crippen molar-refractivity contribution in [1.29, 1.82) is 0 Å². The van der Waals surface area contributed by atoms with Crippen molar-refractivity contribution in [3.63, 3.8) is 0 Å². The number of rotatable bonds is 8. The van der Waals surface area contributed by atoms with E-state index in [4.69, 9.17) is 4.74 Å². The van der Waals surface area contributed by atoms with E-state index < -0.39 is 36.9 Å². The number of hydrogen-bond donors (Lipinski definition) is 0. The quantitative estimate of drug-likeness (QED) is 0.359. The second-order valence-corrected chi connectivity index (χ2v) is 3.75. The molecule has 7 heteroatoms. The summed E-state index contributed by atoms with van der Waals surface area (Å²) in [6.07, 6.45) is -1.39. The van der Waals surface area contributed by atoms with Crippen molar-refractivity contribution in [2.45, 2.75) is 38.7 Å². The molecule has 108 valence electrons. The largest absolute Gasteiger partial charge is 0.469 e. The van der Waals surface area contributed by atoms with E-state index in [0.717, 1.165) is 14.2 Å². The van der Waals surface area contributed by atoms with Gasteiger partial charge in [0.1, 0.15) is 12.2 Å². The number of Topliss-reactive ketones (excluding diaryl/α,β-unsaturated/α-hetero) is 1. The standard InChI is InChI=1S/C12H18O7/c1-4-5-8(13)6-11(15)19-9(12(16)18-3)7-10(14)17-2/h9H,4-7H2,1-3H3. The predicted octanol–water partition coefficient (Wildman–Crippen LogP) is 0.394. The fourth-order valence-corrected chi connectivity index (χ4v) is 1.27. The Labute approximate surface area is 111 Å². The molecular formula is C12H18O7. The summed E-state index contributed by atoms with van der Waals surface area (Å²) >= 11 is 0. The van der Waals surface area contributed by atoms with E-state index in [1.54, 1.807) is 6.92 Å². The zero-order chi connectivity index (χ0) is 14.8. The van der Waals surface area contributed by atoms with Gasteiger partial charge in [-0.15, -0.1) is 0 Å². The zero-order valence-corrected chi connectivity index (χ0v) is 11.3. The molecule has 0 aromatic heterocycles. The normalized spacial score (nSPS) is 11.3. The number of methoxy groups -OCH3 is 2. The van der Waals surface area contributed by atoms with E-state index in [9.17, 15) is 19.2 Å². The monoisotopic (exact) mass is 274 g/mol. The summed E-state index contributed by atoms with van der Waals surface area (Å²) in [6, 6.07) is 0. The Morgan fingerprint density at radius 3 is 2.11 bits per heavy atom. The zero-order valence-electron chi connectivity index (χ0n) is 11.3. The van der Waals surface area contributed by atoms with Crippen LogP contribution in [0.2, 0.25) is 0 Å². The Bertz CT molecular complexity index is 348. The summed E-state index contributed by atoms with van der Waals surface area (Å²) in [4.78, 5) is 45.0. The van der Waals surface area contributed by atoms with Gasteiger partial charge in [0, 0.05) is 6.42 Å². The number of ketones is 1. The number of esters is 3. The minimum absolute atomic E-state index is 0.259. The van der Waals surface area contributed by atoms with E-state index in [1.807, 2.05) is 0 Å². The Kier molecular flexibility index (Phi) is 8.15. The van der Waals surface area contributed by atoms with Crippen LogP contribution in [0.3, 0.4) is 0 Å². The van der Waals surface area contributed by atoms with Crippen molar-refractivity contribution in [3.05, 3.63) is 0 Å². The van der Waals surface area contributed by atoms with Gasteiger partial charge in [-0.05, 0) is 6.42 Å². The maximum Gasteiger partial charge on any atom is 0.347 e. The van der Waals surface area contributed by atoms with Crippen LogP contribution in [0.15, 0.2) is 0 Å². The van der Waals surface area contributed by atoms with Crippen LogP contribution in [0.5, 0.6) is 0 Å². The summed E-state index contributed by atoms with van der Waals surface area (Å²) in [5.74, 6) is -2.74. The third-order valence-electron chi connectivity index (χ3n) is 2.19. The molecule has 0 amide bonds. The van der Waals surface area contributed by atoms with Crippen LogP contribution >= 0.6 is 0 Å². The smallest absolute Gasteiger partial charge is 0.347 e. The van der Waals surface area contributed by atoms with Crippen molar-refractivity contribution in [3.8, 4) is 0 Å². The summed E-state index contributed by atoms with van der Waals surface area (Å²) in [5, 5.41) is 0. The van der Waals surface area contributed by atoms with Crippen LogP contribution in [0, 0.1) is 0 Å². The SMILES string of the molecule is CCCC(=O)CC(=O)OC(CC(=O)OC)C(=O)OC. The first-order valence-electron chi connectivity index (χ1n) is 5.80. The first-order valence-corrected chi connectivity index (χ1v) is 5.80. The lowest BCUT2D eigenvalue weighted by atomic mass is 10.2. The molecule has 0 saturated heterocycles. The van der Waals surface area contributed by atoms with Gasteiger partial charge in [-0.25, -0.2) is 4.79 Å². The highest BCUT2D eigenvalue weighted by Crippen LogP contribution is 2.06. The Balaban J connectivity index is 4.46. The van der Waals surface area contributed by atoms with Crippen LogP contribution in [-0.4, -0.2) is 44.0 Å². The van der Waals surface area contributed by atoms with Crippen LogP contribution in [0.4, 0.5) is 0 Å². The first-order chi connectivity index (χ1) is 8.94. The Morgan fingerprint density at radius 1 is 1.00 bits per heavy atom. The second-order valence-electron chi connectivity index (χ2n) is 3.75. The number of ether oxygens (including phenoxy) is 3. The highest BCUT2D eigenvalue weighted by Gasteiger charge is 2.27. The predicted molar refractivity (Wildman–Crippen MR) is 63.1 cm³/mol. The fourth-order valence-electron chi connectivity index (χ4n) is 1.27. The molecule has 0 radical (unpaired) electrons. The molecule has 0 aliphatic heterocycles. The molecule has 0 fully saturated rings. The van der Waals surface area contributed by atoms with Crippen LogP contribution in [0.25, 0.3) is 0 Å². The van der Waals surface area contributed by atoms with Crippen LogP contribution in [-0.2, 0) is 33.4 Å².